The maximum atomic E-state index is 11.4. The molecule has 1 saturated heterocycles. The number of likely N-dealkylation sites (tertiary alicyclic amines) is 1. The van der Waals surface area contributed by atoms with E-state index < -0.39 is 0 Å². The van der Waals surface area contributed by atoms with Gasteiger partial charge in [0.25, 0.3) is 0 Å². The molecular weight excluding hydrogens is 287 g/mol. The number of aromatic nitrogens is 1. The van der Waals surface area contributed by atoms with Crippen LogP contribution < -0.4 is 0 Å². The number of esters is 1. The number of hydrogen-bond donors (Lipinski definition) is 0. The van der Waals surface area contributed by atoms with Gasteiger partial charge in [0, 0.05) is 23.3 Å². The Balaban J connectivity index is 1.90. The zero-order valence-electron chi connectivity index (χ0n) is 10.7. The highest BCUT2D eigenvalue weighted by atomic mass is 35.5. The fourth-order valence-corrected chi connectivity index (χ4v) is 2.71. The molecule has 6 heteroatoms. The number of ether oxygens (including phenoxy) is 1. The summed E-state index contributed by atoms with van der Waals surface area (Å²) in [6.07, 6.45) is 3.35. The summed E-state index contributed by atoms with van der Waals surface area (Å²) in [5, 5.41) is 1.04. The van der Waals surface area contributed by atoms with Crippen LogP contribution in [-0.2, 0) is 16.1 Å². The second-order valence-corrected chi connectivity index (χ2v) is 5.47. The first-order valence-electron chi connectivity index (χ1n) is 6.20. The molecule has 19 heavy (non-hydrogen) atoms. The number of halogens is 2. The smallest absolute Gasteiger partial charge is 0.308 e. The molecule has 1 aromatic rings. The largest absolute Gasteiger partial charge is 0.469 e. The molecule has 1 aliphatic rings. The van der Waals surface area contributed by atoms with Gasteiger partial charge in [0.2, 0.25) is 0 Å². The van der Waals surface area contributed by atoms with E-state index in [2.05, 4.69) is 9.88 Å². The zero-order chi connectivity index (χ0) is 13.8. The second kappa shape index (κ2) is 6.55. The van der Waals surface area contributed by atoms with Gasteiger partial charge in [-0.2, -0.15) is 0 Å². The molecule has 2 rings (SSSR count). The highest BCUT2D eigenvalue weighted by Crippen LogP contribution is 2.23. The van der Waals surface area contributed by atoms with Gasteiger partial charge in [0.05, 0.1) is 13.0 Å². The van der Waals surface area contributed by atoms with Crippen LogP contribution in [0.25, 0.3) is 0 Å². The summed E-state index contributed by atoms with van der Waals surface area (Å²) in [6.45, 7) is 2.45. The number of rotatable bonds is 3. The van der Waals surface area contributed by atoms with Gasteiger partial charge in [-0.3, -0.25) is 9.69 Å². The zero-order valence-corrected chi connectivity index (χ0v) is 12.2. The van der Waals surface area contributed by atoms with Crippen LogP contribution in [-0.4, -0.2) is 36.1 Å². The third kappa shape index (κ3) is 3.81. The third-order valence-corrected chi connectivity index (χ3v) is 3.97. The Morgan fingerprint density at radius 1 is 1.47 bits per heavy atom. The average Bonchev–Trinajstić information content (AvgIpc) is 2.42. The van der Waals surface area contributed by atoms with E-state index in [1.807, 2.05) is 0 Å². The van der Waals surface area contributed by atoms with Gasteiger partial charge >= 0.3 is 5.97 Å². The van der Waals surface area contributed by atoms with E-state index in [-0.39, 0.29) is 11.9 Å². The van der Waals surface area contributed by atoms with Crippen LogP contribution in [0.4, 0.5) is 0 Å². The Hall–Kier alpha value is -0.840. The van der Waals surface area contributed by atoms with Crippen molar-refractivity contribution in [3.8, 4) is 0 Å². The molecule has 1 fully saturated rings. The molecule has 0 aliphatic carbocycles. The monoisotopic (exact) mass is 302 g/mol. The van der Waals surface area contributed by atoms with Crippen LogP contribution in [0.1, 0.15) is 18.4 Å². The van der Waals surface area contributed by atoms with E-state index in [1.54, 1.807) is 12.3 Å². The van der Waals surface area contributed by atoms with Crippen molar-refractivity contribution in [1.29, 1.82) is 0 Å². The predicted octanol–water partition coefficient (Wildman–Crippen LogP) is 2.77. The Kier molecular flexibility index (Phi) is 5.02. The van der Waals surface area contributed by atoms with Gasteiger partial charge in [0.1, 0.15) is 5.15 Å². The lowest BCUT2D eigenvalue weighted by Crippen LogP contribution is -2.36. The number of hydrogen-bond acceptors (Lipinski definition) is 4. The standard InChI is InChI=1S/C13H16Cl2N2O2/c1-19-13(18)9-2-4-17(5-3-9)8-10-7-16-12(15)6-11(10)14/h6-7,9H,2-5,8H2,1H3. The fourth-order valence-electron chi connectivity index (χ4n) is 2.29. The van der Waals surface area contributed by atoms with E-state index >= 15 is 0 Å². The van der Waals surface area contributed by atoms with Crippen molar-refractivity contribution in [1.82, 2.24) is 9.88 Å². The average molecular weight is 303 g/mol. The summed E-state index contributed by atoms with van der Waals surface area (Å²) in [5.41, 5.74) is 0.961. The number of methoxy groups -OCH3 is 1. The minimum atomic E-state index is -0.106. The Bertz CT molecular complexity index is 460. The molecule has 0 bridgehead atoms. The maximum Gasteiger partial charge on any atom is 0.308 e. The van der Waals surface area contributed by atoms with Crippen molar-refractivity contribution in [3.05, 3.63) is 28.0 Å². The number of pyridine rings is 1. The first-order chi connectivity index (χ1) is 9.10. The van der Waals surface area contributed by atoms with E-state index in [0.717, 1.165) is 38.0 Å². The first kappa shape index (κ1) is 14.6. The van der Waals surface area contributed by atoms with Crippen LogP contribution in [0.2, 0.25) is 10.2 Å². The Labute approximate surface area is 122 Å². The van der Waals surface area contributed by atoms with E-state index in [0.29, 0.717) is 10.2 Å². The van der Waals surface area contributed by atoms with Crippen LogP contribution in [0, 0.1) is 5.92 Å². The number of piperidine rings is 1. The van der Waals surface area contributed by atoms with Gasteiger partial charge in [0.15, 0.2) is 0 Å². The summed E-state index contributed by atoms with van der Waals surface area (Å²) in [6, 6.07) is 1.65. The van der Waals surface area contributed by atoms with Crippen molar-refractivity contribution in [2.24, 2.45) is 5.92 Å². The van der Waals surface area contributed by atoms with Crippen LogP contribution in [0.3, 0.4) is 0 Å². The SMILES string of the molecule is COC(=O)C1CCN(Cc2cnc(Cl)cc2Cl)CC1. The van der Waals surface area contributed by atoms with Gasteiger partial charge in [-0.15, -0.1) is 0 Å². The Morgan fingerprint density at radius 3 is 2.74 bits per heavy atom. The fraction of sp³-hybridized carbons (Fsp3) is 0.538. The van der Waals surface area contributed by atoms with Crippen molar-refractivity contribution >= 4 is 29.2 Å². The molecule has 4 nitrogen and oxygen atoms in total. The summed E-state index contributed by atoms with van der Waals surface area (Å²) in [7, 11) is 1.44. The molecule has 0 radical (unpaired) electrons. The molecule has 2 heterocycles. The minimum Gasteiger partial charge on any atom is -0.469 e. The van der Waals surface area contributed by atoms with E-state index in [9.17, 15) is 4.79 Å². The lowest BCUT2D eigenvalue weighted by molar-refractivity contribution is -0.147. The molecule has 0 spiro atoms. The molecule has 0 saturated carbocycles. The molecule has 104 valence electrons. The topological polar surface area (TPSA) is 42.4 Å². The predicted molar refractivity (Wildman–Crippen MR) is 74.3 cm³/mol. The van der Waals surface area contributed by atoms with Gasteiger partial charge in [-0.25, -0.2) is 4.98 Å². The highest BCUT2D eigenvalue weighted by Gasteiger charge is 2.25. The van der Waals surface area contributed by atoms with Gasteiger partial charge < -0.3 is 4.74 Å². The molecule has 0 aromatic carbocycles. The molecule has 1 aromatic heterocycles. The van der Waals surface area contributed by atoms with Crippen molar-refractivity contribution < 1.29 is 9.53 Å². The van der Waals surface area contributed by atoms with Crippen molar-refractivity contribution in [3.63, 3.8) is 0 Å². The summed E-state index contributed by atoms with van der Waals surface area (Å²) >= 11 is 11.9. The van der Waals surface area contributed by atoms with Crippen LogP contribution >= 0.6 is 23.2 Å². The summed E-state index contributed by atoms with van der Waals surface area (Å²) < 4.78 is 4.77. The van der Waals surface area contributed by atoms with E-state index in [1.165, 1.54) is 7.11 Å². The lowest BCUT2D eigenvalue weighted by Gasteiger charge is -2.30. The number of carbonyl (C=O) groups excluding carboxylic acids is 1. The quantitative estimate of drug-likeness (QED) is 0.636. The maximum absolute atomic E-state index is 11.4. The third-order valence-electron chi connectivity index (χ3n) is 3.41. The first-order valence-corrected chi connectivity index (χ1v) is 6.96. The van der Waals surface area contributed by atoms with Gasteiger partial charge in [-0.1, -0.05) is 23.2 Å². The van der Waals surface area contributed by atoms with Crippen molar-refractivity contribution in [2.45, 2.75) is 19.4 Å². The normalized spacial score (nSPS) is 17.4. The molecule has 0 N–H and O–H groups in total. The van der Waals surface area contributed by atoms with Gasteiger partial charge in [-0.05, 0) is 32.0 Å². The molecular formula is C13H16Cl2N2O2. The summed E-state index contributed by atoms with van der Waals surface area (Å²) in [5.74, 6) is -0.0779. The van der Waals surface area contributed by atoms with Crippen molar-refractivity contribution in [2.75, 3.05) is 20.2 Å². The van der Waals surface area contributed by atoms with Crippen LogP contribution in [0.15, 0.2) is 12.3 Å². The van der Waals surface area contributed by atoms with Crippen LogP contribution in [0.5, 0.6) is 0 Å². The van der Waals surface area contributed by atoms with E-state index in [4.69, 9.17) is 27.9 Å². The number of nitrogens with zero attached hydrogens (tertiary/aromatic N) is 2. The molecule has 0 amide bonds. The minimum absolute atomic E-state index is 0.0278. The second-order valence-electron chi connectivity index (χ2n) is 4.67. The highest BCUT2D eigenvalue weighted by molar-refractivity contribution is 6.34. The number of carbonyl (C=O) groups is 1. The lowest BCUT2D eigenvalue weighted by atomic mass is 9.97. The summed E-state index contributed by atoms with van der Waals surface area (Å²) in [4.78, 5) is 17.7. The molecule has 0 unspecified atom stereocenters. The Morgan fingerprint density at radius 2 is 2.16 bits per heavy atom. The molecule has 0 atom stereocenters. The molecule has 1 aliphatic heterocycles.